The minimum absolute atomic E-state index is 0.228. The highest BCUT2D eigenvalue weighted by atomic mass is 79.9. The number of nitrogen functional groups attached to an aromatic ring is 1. The predicted octanol–water partition coefficient (Wildman–Crippen LogP) is 2.41. The summed E-state index contributed by atoms with van der Waals surface area (Å²) in [5.41, 5.74) is 6.23. The van der Waals surface area contributed by atoms with E-state index in [0.717, 1.165) is 16.0 Å². The summed E-state index contributed by atoms with van der Waals surface area (Å²) in [5, 5.41) is 0. The van der Waals surface area contributed by atoms with Crippen LogP contribution in [-0.2, 0) is 6.61 Å². The third-order valence-electron chi connectivity index (χ3n) is 2.27. The molecule has 0 aliphatic rings. The molecule has 2 aromatic rings. The zero-order valence-electron chi connectivity index (χ0n) is 9.76. The summed E-state index contributed by atoms with van der Waals surface area (Å²) in [6.45, 7) is 0.319. The zero-order chi connectivity index (χ0) is 13.0. The predicted molar refractivity (Wildman–Crippen MR) is 71.5 cm³/mol. The Morgan fingerprint density at radius 1 is 1.22 bits per heavy atom. The molecule has 0 fully saturated rings. The standard InChI is InChI=1S/C12H12BrN3O2/c1-17-8-2-4-9(5-3-8)18-7-11-10(13)6-15-12(14)16-11/h2-6H,7H2,1H3,(H2,14,15,16). The van der Waals surface area contributed by atoms with E-state index in [1.807, 2.05) is 24.3 Å². The van der Waals surface area contributed by atoms with Crippen LogP contribution in [0.25, 0.3) is 0 Å². The lowest BCUT2D eigenvalue weighted by molar-refractivity contribution is 0.299. The molecule has 0 spiro atoms. The van der Waals surface area contributed by atoms with Crippen LogP contribution < -0.4 is 15.2 Å². The van der Waals surface area contributed by atoms with Gasteiger partial charge in [0.25, 0.3) is 0 Å². The van der Waals surface area contributed by atoms with Crippen LogP contribution in [0.1, 0.15) is 5.69 Å². The molecule has 0 bridgehead atoms. The van der Waals surface area contributed by atoms with E-state index in [2.05, 4.69) is 25.9 Å². The quantitative estimate of drug-likeness (QED) is 0.939. The Morgan fingerprint density at radius 2 is 1.89 bits per heavy atom. The van der Waals surface area contributed by atoms with E-state index in [4.69, 9.17) is 15.2 Å². The molecule has 0 saturated carbocycles. The normalized spacial score (nSPS) is 10.1. The van der Waals surface area contributed by atoms with Crippen molar-refractivity contribution in [1.29, 1.82) is 0 Å². The van der Waals surface area contributed by atoms with Gasteiger partial charge in [0.2, 0.25) is 5.95 Å². The molecule has 0 saturated heterocycles. The molecule has 2 rings (SSSR count). The lowest BCUT2D eigenvalue weighted by atomic mass is 10.3. The second-order valence-electron chi connectivity index (χ2n) is 3.49. The fourth-order valence-corrected chi connectivity index (χ4v) is 1.65. The van der Waals surface area contributed by atoms with Gasteiger partial charge in [-0.25, -0.2) is 9.97 Å². The fourth-order valence-electron chi connectivity index (χ4n) is 1.34. The molecule has 0 aliphatic carbocycles. The Hall–Kier alpha value is -1.82. The summed E-state index contributed by atoms with van der Waals surface area (Å²) in [7, 11) is 1.62. The molecular formula is C12H12BrN3O2. The van der Waals surface area contributed by atoms with E-state index in [-0.39, 0.29) is 5.95 Å². The number of nitrogens with zero attached hydrogens (tertiary/aromatic N) is 2. The molecular weight excluding hydrogens is 298 g/mol. The van der Waals surface area contributed by atoms with Crippen molar-refractivity contribution in [2.24, 2.45) is 0 Å². The molecule has 18 heavy (non-hydrogen) atoms. The van der Waals surface area contributed by atoms with Crippen LogP contribution in [0.5, 0.6) is 11.5 Å². The number of nitrogens with two attached hydrogens (primary N) is 1. The molecule has 2 N–H and O–H groups in total. The lowest BCUT2D eigenvalue weighted by Gasteiger charge is -2.08. The second kappa shape index (κ2) is 5.68. The smallest absolute Gasteiger partial charge is 0.220 e. The van der Waals surface area contributed by atoms with E-state index in [1.165, 1.54) is 0 Å². The van der Waals surface area contributed by atoms with Crippen LogP contribution in [-0.4, -0.2) is 17.1 Å². The van der Waals surface area contributed by atoms with Gasteiger partial charge in [-0.1, -0.05) is 0 Å². The number of hydrogen-bond donors (Lipinski definition) is 1. The molecule has 0 unspecified atom stereocenters. The molecule has 0 amide bonds. The molecule has 94 valence electrons. The van der Waals surface area contributed by atoms with Crippen molar-refractivity contribution < 1.29 is 9.47 Å². The second-order valence-corrected chi connectivity index (χ2v) is 4.34. The van der Waals surface area contributed by atoms with Crippen molar-refractivity contribution in [1.82, 2.24) is 9.97 Å². The average Bonchev–Trinajstić information content (AvgIpc) is 2.40. The highest BCUT2D eigenvalue weighted by Crippen LogP contribution is 2.20. The molecule has 6 heteroatoms. The molecule has 1 aromatic carbocycles. The van der Waals surface area contributed by atoms with Gasteiger partial charge in [-0.3, -0.25) is 0 Å². The lowest BCUT2D eigenvalue weighted by Crippen LogP contribution is -2.03. The van der Waals surface area contributed by atoms with E-state index in [0.29, 0.717) is 12.3 Å². The van der Waals surface area contributed by atoms with Gasteiger partial charge in [-0.05, 0) is 40.2 Å². The van der Waals surface area contributed by atoms with Crippen molar-refractivity contribution in [3.8, 4) is 11.5 Å². The highest BCUT2D eigenvalue weighted by Gasteiger charge is 2.04. The van der Waals surface area contributed by atoms with Crippen molar-refractivity contribution in [3.05, 3.63) is 40.6 Å². The largest absolute Gasteiger partial charge is 0.497 e. The van der Waals surface area contributed by atoms with E-state index in [1.54, 1.807) is 13.3 Å². The number of benzene rings is 1. The van der Waals surface area contributed by atoms with Crippen molar-refractivity contribution in [2.45, 2.75) is 6.61 Å². The Kier molecular flexibility index (Phi) is 3.99. The maximum atomic E-state index is 5.60. The first-order valence-electron chi connectivity index (χ1n) is 5.23. The first kappa shape index (κ1) is 12.6. The number of anilines is 1. The summed E-state index contributed by atoms with van der Waals surface area (Å²) in [4.78, 5) is 7.96. The number of methoxy groups -OCH3 is 1. The zero-order valence-corrected chi connectivity index (χ0v) is 11.3. The topological polar surface area (TPSA) is 70.3 Å². The number of aromatic nitrogens is 2. The highest BCUT2D eigenvalue weighted by molar-refractivity contribution is 9.10. The summed E-state index contributed by atoms with van der Waals surface area (Å²) in [6.07, 6.45) is 1.61. The van der Waals surface area contributed by atoms with Crippen LogP contribution in [0.15, 0.2) is 34.9 Å². The summed E-state index contributed by atoms with van der Waals surface area (Å²) in [5.74, 6) is 1.75. The average molecular weight is 310 g/mol. The monoisotopic (exact) mass is 309 g/mol. The molecule has 1 aromatic heterocycles. The third kappa shape index (κ3) is 3.10. The Labute approximate surface area is 113 Å². The molecule has 1 heterocycles. The van der Waals surface area contributed by atoms with Crippen LogP contribution in [0.4, 0.5) is 5.95 Å². The van der Waals surface area contributed by atoms with Gasteiger partial charge >= 0.3 is 0 Å². The van der Waals surface area contributed by atoms with Gasteiger partial charge in [0.1, 0.15) is 18.1 Å². The first-order valence-corrected chi connectivity index (χ1v) is 6.02. The molecule has 0 aliphatic heterocycles. The maximum absolute atomic E-state index is 5.60. The fraction of sp³-hybridized carbons (Fsp3) is 0.167. The maximum Gasteiger partial charge on any atom is 0.220 e. The van der Waals surface area contributed by atoms with Gasteiger partial charge in [-0.2, -0.15) is 0 Å². The number of hydrogen-bond acceptors (Lipinski definition) is 5. The minimum atomic E-state index is 0.228. The first-order chi connectivity index (χ1) is 8.69. The van der Waals surface area contributed by atoms with Gasteiger partial charge in [0, 0.05) is 6.20 Å². The number of rotatable bonds is 4. The number of ether oxygens (including phenoxy) is 2. The molecule has 0 atom stereocenters. The molecule has 5 nitrogen and oxygen atoms in total. The van der Waals surface area contributed by atoms with Crippen molar-refractivity contribution >= 4 is 21.9 Å². The molecule has 0 radical (unpaired) electrons. The summed E-state index contributed by atoms with van der Waals surface area (Å²) >= 11 is 3.35. The van der Waals surface area contributed by atoms with Crippen LogP contribution in [0.2, 0.25) is 0 Å². The van der Waals surface area contributed by atoms with Crippen LogP contribution in [0, 0.1) is 0 Å². The van der Waals surface area contributed by atoms with Crippen molar-refractivity contribution in [2.75, 3.05) is 12.8 Å². The SMILES string of the molecule is COc1ccc(OCc2nc(N)ncc2Br)cc1. The Bertz CT molecular complexity index is 531. The Balaban J connectivity index is 2.04. The van der Waals surface area contributed by atoms with E-state index in [9.17, 15) is 0 Å². The van der Waals surface area contributed by atoms with E-state index >= 15 is 0 Å². The van der Waals surface area contributed by atoms with E-state index < -0.39 is 0 Å². The van der Waals surface area contributed by atoms with Crippen molar-refractivity contribution in [3.63, 3.8) is 0 Å². The van der Waals surface area contributed by atoms with Crippen LogP contribution in [0.3, 0.4) is 0 Å². The van der Waals surface area contributed by atoms with Gasteiger partial charge in [0.05, 0.1) is 17.3 Å². The summed E-state index contributed by atoms with van der Waals surface area (Å²) in [6, 6.07) is 7.33. The number of halogens is 1. The Morgan fingerprint density at radius 3 is 2.56 bits per heavy atom. The van der Waals surface area contributed by atoms with Gasteiger partial charge < -0.3 is 15.2 Å². The van der Waals surface area contributed by atoms with Crippen LogP contribution >= 0.6 is 15.9 Å². The van der Waals surface area contributed by atoms with Gasteiger partial charge in [-0.15, -0.1) is 0 Å². The van der Waals surface area contributed by atoms with Gasteiger partial charge in [0.15, 0.2) is 0 Å². The minimum Gasteiger partial charge on any atom is -0.497 e. The third-order valence-corrected chi connectivity index (χ3v) is 2.93. The summed E-state index contributed by atoms with van der Waals surface area (Å²) < 4.78 is 11.4.